The Morgan fingerprint density at radius 2 is 0.809 bits per heavy atom. The lowest BCUT2D eigenvalue weighted by Crippen LogP contribution is -2.44. The molecule has 2 aromatic rings. The van der Waals surface area contributed by atoms with Crippen molar-refractivity contribution >= 4 is 10.1 Å². The van der Waals surface area contributed by atoms with E-state index in [4.69, 9.17) is 0 Å². The van der Waals surface area contributed by atoms with Crippen LogP contribution in [0, 0.1) is 0 Å². The van der Waals surface area contributed by atoms with E-state index in [1.54, 1.807) is 0 Å². The SMILES string of the molecule is CCCCCCCCCCCCc1ccccc1C[N+](C)(CCCS(=O)(=O)O)Cc1ccccc1CCCCCCCCCCCC. The molecule has 0 aliphatic heterocycles. The van der Waals surface area contributed by atoms with Crippen molar-refractivity contribution in [1.29, 1.82) is 0 Å². The van der Waals surface area contributed by atoms with E-state index in [0.717, 1.165) is 30.4 Å². The predicted octanol–water partition coefficient (Wildman–Crippen LogP) is 12.0. The van der Waals surface area contributed by atoms with Gasteiger partial charge in [-0.05, 0) is 36.8 Å². The number of hydrogen-bond acceptors (Lipinski definition) is 2. The number of unbranched alkanes of at least 4 members (excludes halogenated alkanes) is 18. The van der Waals surface area contributed by atoms with Crippen LogP contribution < -0.4 is 0 Å². The highest BCUT2D eigenvalue weighted by atomic mass is 32.2. The van der Waals surface area contributed by atoms with Crippen LogP contribution in [-0.2, 0) is 36.0 Å². The fourth-order valence-electron chi connectivity index (χ4n) is 7.18. The molecule has 2 aromatic carbocycles. The fraction of sp³-hybridized carbons (Fsp3) is 0.714. The average molecular weight is 671 g/mol. The molecular weight excluding hydrogens is 599 g/mol. The molecule has 0 atom stereocenters. The first kappa shape index (κ1) is 41.5. The van der Waals surface area contributed by atoms with Crippen LogP contribution in [0.25, 0.3) is 0 Å². The first-order valence-electron chi connectivity index (χ1n) is 19.7. The summed E-state index contributed by atoms with van der Waals surface area (Å²) in [6.45, 7) is 7.00. The predicted molar refractivity (Wildman–Crippen MR) is 203 cm³/mol. The Morgan fingerprint density at radius 1 is 0.489 bits per heavy atom. The van der Waals surface area contributed by atoms with Crippen LogP contribution in [0.5, 0.6) is 0 Å². The first-order chi connectivity index (χ1) is 22.8. The minimum atomic E-state index is -3.97. The Morgan fingerprint density at radius 3 is 1.15 bits per heavy atom. The maximum absolute atomic E-state index is 11.6. The summed E-state index contributed by atoms with van der Waals surface area (Å²) in [6, 6.07) is 17.8. The van der Waals surface area contributed by atoms with Gasteiger partial charge in [-0.15, -0.1) is 0 Å². The molecule has 0 saturated carbocycles. The van der Waals surface area contributed by atoms with Crippen molar-refractivity contribution in [2.24, 2.45) is 0 Å². The van der Waals surface area contributed by atoms with Gasteiger partial charge in [0.2, 0.25) is 0 Å². The molecule has 0 unspecified atom stereocenters. The molecule has 0 heterocycles. The van der Waals surface area contributed by atoms with Gasteiger partial charge in [-0.2, -0.15) is 8.42 Å². The van der Waals surface area contributed by atoms with Crippen molar-refractivity contribution in [2.75, 3.05) is 19.3 Å². The molecule has 4 nitrogen and oxygen atoms in total. The lowest BCUT2D eigenvalue weighted by atomic mass is 9.97. The van der Waals surface area contributed by atoms with Crippen molar-refractivity contribution in [1.82, 2.24) is 0 Å². The van der Waals surface area contributed by atoms with Crippen LogP contribution in [-0.4, -0.2) is 36.8 Å². The van der Waals surface area contributed by atoms with Crippen LogP contribution >= 0.6 is 0 Å². The summed E-state index contributed by atoms with van der Waals surface area (Å²) in [7, 11) is -1.70. The Labute approximate surface area is 291 Å². The third-order valence-corrected chi connectivity index (χ3v) is 10.8. The minimum absolute atomic E-state index is 0.179. The number of benzene rings is 2. The van der Waals surface area contributed by atoms with Gasteiger partial charge in [0.25, 0.3) is 10.1 Å². The van der Waals surface area contributed by atoms with Gasteiger partial charge in [0.1, 0.15) is 13.1 Å². The van der Waals surface area contributed by atoms with Crippen LogP contribution in [0.15, 0.2) is 48.5 Å². The zero-order chi connectivity index (χ0) is 34.1. The van der Waals surface area contributed by atoms with E-state index in [1.807, 2.05) is 0 Å². The molecule has 0 bridgehead atoms. The van der Waals surface area contributed by atoms with E-state index < -0.39 is 10.1 Å². The summed E-state index contributed by atoms with van der Waals surface area (Å²) in [6.07, 6.45) is 29.6. The van der Waals surface area contributed by atoms with E-state index in [-0.39, 0.29) is 5.75 Å². The normalized spacial score (nSPS) is 12.2. The number of aryl methyl sites for hydroxylation is 2. The van der Waals surface area contributed by atoms with Gasteiger partial charge in [-0.25, -0.2) is 0 Å². The van der Waals surface area contributed by atoms with Gasteiger partial charge in [0.15, 0.2) is 0 Å². The number of nitrogens with zero attached hydrogens (tertiary/aromatic N) is 1. The second kappa shape index (κ2) is 25.3. The molecule has 47 heavy (non-hydrogen) atoms. The fourth-order valence-corrected chi connectivity index (χ4v) is 7.68. The summed E-state index contributed by atoms with van der Waals surface area (Å²) in [5, 5.41) is 0. The molecule has 1 N–H and O–H groups in total. The molecule has 0 aliphatic carbocycles. The highest BCUT2D eigenvalue weighted by Gasteiger charge is 2.26. The topological polar surface area (TPSA) is 54.4 Å². The highest BCUT2D eigenvalue weighted by molar-refractivity contribution is 7.85. The number of rotatable bonds is 30. The van der Waals surface area contributed by atoms with Crippen LogP contribution in [0.2, 0.25) is 0 Å². The first-order valence-corrected chi connectivity index (χ1v) is 21.3. The molecule has 0 radical (unpaired) electrons. The lowest BCUT2D eigenvalue weighted by Gasteiger charge is -2.36. The van der Waals surface area contributed by atoms with Crippen LogP contribution in [0.1, 0.15) is 171 Å². The smallest absolute Gasteiger partial charge is 0.265 e. The maximum Gasteiger partial charge on any atom is 0.265 e. The standard InChI is InChI=1S/C42H71NO3S/c1-4-6-8-10-12-14-16-18-20-22-29-39-31-24-26-33-41(39)37-43(3,35-28-36-47(44,45)46)38-42-34-27-25-32-40(42)30-23-21-19-17-15-13-11-9-7-5-2/h24-27,31-34H,4-23,28-30,35-38H2,1-3H3/p+1. The Bertz CT molecular complexity index is 1090. The molecule has 268 valence electrons. The highest BCUT2D eigenvalue weighted by Crippen LogP contribution is 2.25. The van der Waals surface area contributed by atoms with E-state index in [2.05, 4.69) is 69.4 Å². The largest absolute Gasteiger partial charge is 0.319 e. The lowest BCUT2D eigenvalue weighted by molar-refractivity contribution is -0.935. The summed E-state index contributed by atoms with van der Waals surface area (Å²) in [5.41, 5.74) is 5.63. The van der Waals surface area contributed by atoms with Gasteiger partial charge in [-0.1, -0.05) is 178 Å². The zero-order valence-corrected chi connectivity index (χ0v) is 31.6. The maximum atomic E-state index is 11.6. The zero-order valence-electron chi connectivity index (χ0n) is 30.8. The van der Waals surface area contributed by atoms with Crippen molar-refractivity contribution in [3.05, 3.63) is 70.8 Å². The summed E-state index contributed by atoms with van der Waals surface area (Å²) >= 11 is 0. The van der Waals surface area contributed by atoms with E-state index in [9.17, 15) is 13.0 Å². The summed E-state index contributed by atoms with van der Waals surface area (Å²) < 4.78 is 33.5. The van der Waals surface area contributed by atoms with Gasteiger partial charge in [0, 0.05) is 17.5 Å². The van der Waals surface area contributed by atoms with Crippen molar-refractivity contribution < 1.29 is 17.5 Å². The van der Waals surface area contributed by atoms with E-state index in [0.29, 0.717) is 13.0 Å². The second-order valence-corrected chi connectivity index (χ2v) is 16.3. The van der Waals surface area contributed by atoms with Gasteiger partial charge in [0.05, 0.1) is 19.3 Å². The molecule has 2 rings (SSSR count). The summed E-state index contributed by atoms with van der Waals surface area (Å²) in [5.74, 6) is -0.179. The van der Waals surface area contributed by atoms with Gasteiger partial charge in [-0.3, -0.25) is 4.55 Å². The molecular formula is C42H72NO3S+. The molecule has 0 aromatic heterocycles. The Balaban J connectivity index is 1.96. The van der Waals surface area contributed by atoms with Gasteiger partial charge < -0.3 is 4.48 Å². The van der Waals surface area contributed by atoms with Crippen LogP contribution in [0.3, 0.4) is 0 Å². The quantitative estimate of drug-likeness (QED) is 0.0511. The third kappa shape index (κ3) is 20.4. The monoisotopic (exact) mass is 671 g/mol. The van der Waals surface area contributed by atoms with Crippen LogP contribution in [0.4, 0.5) is 0 Å². The van der Waals surface area contributed by atoms with Crippen molar-refractivity contribution in [3.63, 3.8) is 0 Å². The summed E-state index contributed by atoms with van der Waals surface area (Å²) in [4.78, 5) is 0. The molecule has 5 heteroatoms. The number of hydrogen-bond donors (Lipinski definition) is 1. The Hall–Kier alpha value is -1.69. The number of quaternary nitrogens is 1. The van der Waals surface area contributed by atoms with E-state index in [1.165, 1.54) is 151 Å². The third-order valence-electron chi connectivity index (χ3n) is 10.0. The average Bonchev–Trinajstić information content (AvgIpc) is 3.03. The van der Waals surface area contributed by atoms with Crippen molar-refractivity contribution in [3.8, 4) is 0 Å². The van der Waals surface area contributed by atoms with E-state index >= 15 is 0 Å². The molecule has 0 amide bonds. The molecule has 0 fully saturated rings. The van der Waals surface area contributed by atoms with Gasteiger partial charge >= 0.3 is 0 Å². The Kier molecular flexibility index (Phi) is 22.3. The second-order valence-electron chi connectivity index (χ2n) is 14.7. The van der Waals surface area contributed by atoms with Crippen molar-refractivity contribution in [2.45, 2.75) is 175 Å². The molecule has 0 spiro atoms. The minimum Gasteiger partial charge on any atom is -0.319 e. The molecule has 0 saturated heterocycles. The molecule has 0 aliphatic rings.